The Hall–Kier alpha value is -2.79. The van der Waals surface area contributed by atoms with Crippen molar-refractivity contribution >= 4 is 21.6 Å². The molecule has 0 saturated heterocycles. The highest BCUT2D eigenvalue weighted by Crippen LogP contribution is 2.29. The zero-order valence-corrected chi connectivity index (χ0v) is 15.8. The summed E-state index contributed by atoms with van der Waals surface area (Å²) in [4.78, 5) is 17.4. The fraction of sp³-hybridized carbons (Fsp3) is 0.190. The largest absolute Gasteiger partial charge is 0.294 e. The Balaban J connectivity index is 1.94. The smallest absolute Gasteiger partial charge is 0.265 e. The number of aryl methyl sites for hydroxylation is 3. The molecule has 0 fully saturated rings. The fourth-order valence-electron chi connectivity index (χ4n) is 3.02. The minimum Gasteiger partial charge on any atom is -0.265 e. The van der Waals surface area contributed by atoms with Gasteiger partial charge in [-0.05, 0) is 31.9 Å². The molecule has 0 aliphatic carbocycles. The Morgan fingerprint density at radius 1 is 1.00 bits per heavy atom. The van der Waals surface area contributed by atoms with E-state index in [-0.39, 0.29) is 5.56 Å². The van der Waals surface area contributed by atoms with Crippen LogP contribution in [0.1, 0.15) is 21.7 Å². The van der Waals surface area contributed by atoms with Crippen LogP contribution in [-0.4, -0.2) is 14.8 Å². The van der Waals surface area contributed by atoms with Gasteiger partial charge in [0.25, 0.3) is 5.56 Å². The van der Waals surface area contributed by atoms with E-state index in [0.29, 0.717) is 12.1 Å². The van der Waals surface area contributed by atoms with Crippen molar-refractivity contribution in [3.63, 3.8) is 0 Å². The van der Waals surface area contributed by atoms with Crippen molar-refractivity contribution in [2.24, 2.45) is 0 Å². The number of rotatable bonds is 3. The Bertz CT molecular complexity index is 1160. The molecule has 0 bridgehead atoms. The van der Waals surface area contributed by atoms with Crippen molar-refractivity contribution in [2.45, 2.75) is 27.3 Å². The molecule has 4 aromatic rings. The lowest BCUT2D eigenvalue weighted by molar-refractivity contribution is 0.647. The molecule has 0 aliphatic heterocycles. The highest BCUT2D eigenvalue weighted by Gasteiger charge is 2.16. The van der Waals surface area contributed by atoms with Crippen LogP contribution in [0.5, 0.6) is 0 Å². The Morgan fingerprint density at radius 3 is 2.46 bits per heavy atom. The predicted octanol–water partition coefficient (Wildman–Crippen LogP) is 4.49. The molecule has 4 nitrogen and oxygen atoms in total. The van der Waals surface area contributed by atoms with Gasteiger partial charge in [-0.2, -0.15) is 5.10 Å². The molecule has 0 saturated carbocycles. The molecule has 26 heavy (non-hydrogen) atoms. The van der Waals surface area contributed by atoms with E-state index in [1.54, 1.807) is 4.68 Å². The second-order valence-electron chi connectivity index (χ2n) is 6.51. The zero-order valence-electron chi connectivity index (χ0n) is 15.0. The Morgan fingerprint density at radius 2 is 1.73 bits per heavy atom. The summed E-state index contributed by atoms with van der Waals surface area (Å²) in [7, 11) is 0. The lowest BCUT2D eigenvalue weighted by Gasteiger charge is -2.10. The van der Waals surface area contributed by atoms with Crippen LogP contribution in [0.2, 0.25) is 0 Å². The number of benzene rings is 2. The summed E-state index contributed by atoms with van der Waals surface area (Å²) in [6, 6.07) is 16.3. The number of thiazole rings is 1. The van der Waals surface area contributed by atoms with Crippen molar-refractivity contribution in [2.75, 3.05) is 0 Å². The van der Waals surface area contributed by atoms with Crippen LogP contribution in [0.4, 0.5) is 0 Å². The molecule has 0 amide bonds. The number of hydrogen-bond acceptors (Lipinski definition) is 4. The molecule has 130 valence electrons. The van der Waals surface area contributed by atoms with Crippen LogP contribution < -0.4 is 5.56 Å². The van der Waals surface area contributed by atoms with Gasteiger partial charge in [-0.25, -0.2) is 9.67 Å². The predicted molar refractivity (Wildman–Crippen MR) is 107 cm³/mol. The van der Waals surface area contributed by atoms with Crippen LogP contribution in [0.15, 0.2) is 53.3 Å². The van der Waals surface area contributed by atoms with E-state index in [1.807, 2.05) is 38.1 Å². The molecule has 0 N–H and O–H groups in total. The van der Waals surface area contributed by atoms with E-state index in [0.717, 1.165) is 32.1 Å². The van der Waals surface area contributed by atoms with Crippen molar-refractivity contribution < 1.29 is 0 Å². The van der Waals surface area contributed by atoms with Gasteiger partial charge in [0, 0.05) is 5.56 Å². The number of nitrogens with zero attached hydrogens (tertiary/aromatic N) is 3. The SMILES string of the molecule is Cc1ccc(-c2nn(Cc3ccccc3C)c(=O)c3nc(C)sc23)cc1. The topological polar surface area (TPSA) is 47.8 Å². The van der Waals surface area contributed by atoms with Crippen molar-refractivity contribution in [3.05, 3.63) is 80.6 Å². The molecular weight excluding hydrogens is 342 g/mol. The Labute approximate surface area is 155 Å². The molecule has 0 spiro atoms. The fourth-order valence-corrected chi connectivity index (χ4v) is 3.94. The standard InChI is InChI=1S/C21H19N3OS/c1-13-8-10-16(11-9-13)18-20-19(22-15(3)26-20)21(25)24(23-18)12-17-7-5-4-6-14(17)2/h4-11H,12H2,1-3H3. The van der Waals surface area contributed by atoms with Gasteiger partial charge in [0.15, 0.2) is 5.52 Å². The molecule has 2 heterocycles. The average molecular weight is 361 g/mol. The third-order valence-electron chi connectivity index (χ3n) is 4.51. The van der Waals surface area contributed by atoms with Gasteiger partial charge in [0.05, 0.1) is 16.3 Å². The van der Waals surface area contributed by atoms with Crippen molar-refractivity contribution in [1.29, 1.82) is 0 Å². The first-order valence-corrected chi connectivity index (χ1v) is 9.34. The molecule has 4 rings (SSSR count). The van der Waals surface area contributed by atoms with Gasteiger partial charge < -0.3 is 0 Å². The van der Waals surface area contributed by atoms with Gasteiger partial charge in [0.1, 0.15) is 5.69 Å². The van der Waals surface area contributed by atoms with Crippen molar-refractivity contribution in [1.82, 2.24) is 14.8 Å². The summed E-state index contributed by atoms with van der Waals surface area (Å²) in [6.45, 7) is 6.47. The van der Waals surface area contributed by atoms with Gasteiger partial charge >= 0.3 is 0 Å². The first kappa shape index (κ1) is 16.7. The van der Waals surface area contributed by atoms with E-state index in [9.17, 15) is 4.79 Å². The maximum Gasteiger partial charge on any atom is 0.294 e. The Kier molecular flexibility index (Phi) is 4.17. The molecule has 0 atom stereocenters. The number of aromatic nitrogens is 3. The quantitative estimate of drug-likeness (QED) is 0.540. The van der Waals surface area contributed by atoms with Gasteiger partial charge in [0.2, 0.25) is 0 Å². The summed E-state index contributed by atoms with van der Waals surface area (Å²) in [5.74, 6) is 0. The molecule has 0 radical (unpaired) electrons. The van der Waals surface area contributed by atoms with E-state index in [1.165, 1.54) is 16.9 Å². The summed E-state index contributed by atoms with van der Waals surface area (Å²) in [5, 5.41) is 5.60. The first-order chi connectivity index (χ1) is 12.5. The first-order valence-electron chi connectivity index (χ1n) is 8.53. The van der Waals surface area contributed by atoms with E-state index < -0.39 is 0 Å². The van der Waals surface area contributed by atoms with Gasteiger partial charge in [-0.1, -0.05) is 54.1 Å². The van der Waals surface area contributed by atoms with Gasteiger partial charge in [-0.3, -0.25) is 4.79 Å². The molecule has 2 aromatic heterocycles. The summed E-state index contributed by atoms with van der Waals surface area (Å²) < 4.78 is 2.40. The molecule has 5 heteroatoms. The molecule has 0 unspecified atom stereocenters. The minimum atomic E-state index is -0.136. The van der Waals surface area contributed by atoms with Crippen molar-refractivity contribution in [3.8, 4) is 11.3 Å². The summed E-state index contributed by atoms with van der Waals surface area (Å²) in [5.41, 5.74) is 5.62. The highest BCUT2D eigenvalue weighted by atomic mass is 32.1. The summed E-state index contributed by atoms with van der Waals surface area (Å²) >= 11 is 1.52. The maximum absolute atomic E-state index is 12.9. The van der Waals surface area contributed by atoms with E-state index >= 15 is 0 Å². The van der Waals surface area contributed by atoms with E-state index in [4.69, 9.17) is 5.10 Å². The number of hydrogen-bond donors (Lipinski definition) is 0. The number of fused-ring (bicyclic) bond motifs is 1. The molecular formula is C21H19N3OS. The normalized spacial score (nSPS) is 11.2. The average Bonchev–Trinajstić information content (AvgIpc) is 3.02. The minimum absolute atomic E-state index is 0.136. The van der Waals surface area contributed by atoms with Gasteiger partial charge in [-0.15, -0.1) is 11.3 Å². The third-order valence-corrected chi connectivity index (χ3v) is 5.49. The van der Waals surface area contributed by atoms with E-state index in [2.05, 4.69) is 36.2 Å². The third kappa shape index (κ3) is 2.95. The lowest BCUT2D eigenvalue weighted by atomic mass is 10.1. The zero-order chi connectivity index (χ0) is 18.3. The second-order valence-corrected chi connectivity index (χ2v) is 7.72. The van der Waals surface area contributed by atoms with Crippen LogP contribution in [-0.2, 0) is 6.54 Å². The van der Waals surface area contributed by atoms with Crippen LogP contribution >= 0.6 is 11.3 Å². The van der Waals surface area contributed by atoms with Crippen LogP contribution in [0, 0.1) is 20.8 Å². The lowest BCUT2D eigenvalue weighted by Crippen LogP contribution is -2.24. The molecule has 0 aliphatic rings. The highest BCUT2D eigenvalue weighted by molar-refractivity contribution is 7.19. The maximum atomic E-state index is 12.9. The summed E-state index contributed by atoms with van der Waals surface area (Å²) in [6.07, 6.45) is 0. The van der Waals surface area contributed by atoms with Crippen LogP contribution in [0.25, 0.3) is 21.5 Å². The second kappa shape index (κ2) is 6.50. The molecule has 2 aromatic carbocycles. The monoisotopic (exact) mass is 361 g/mol. The van der Waals surface area contributed by atoms with Crippen LogP contribution in [0.3, 0.4) is 0 Å².